The highest BCUT2D eigenvalue weighted by atomic mass is 16.5. The van der Waals surface area contributed by atoms with E-state index in [4.69, 9.17) is 9.47 Å². The Kier molecular flexibility index (Phi) is 7.43. The molecule has 0 saturated heterocycles. The Hall–Kier alpha value is -1.08. The minimum absolute atomic E-state index is 0.00959. The van der Waals surface area contributed by atoms with Gasteiger partial charge in [-0.1, -0.05) is 0 Å². The molecule has 0 aliphatic heterocycles. The molecule has 2 unspecified atom stereocenters. The molecule has 0 amide bonds. The van der Waals surface area contributed by atoms with E-state index < -0.39 is 6.10 Å². The highest BCUT2D eigenvalue weighted by Gasteiger charge is 2.07. The largest absolute Gasteiger partial charge is 0.389 e. The zero-order chi connectivity index (χ0) is 13.2. The second kappa shape index (κ2) is 8.93. The van der Waals surface area contributed by atoms with Gasteiger partial charge in [0.2, 0.25) is 0 Å². The van der Waals surface area contributed by atoms with Crippen molar-refractivity contribution < 1.29 is 14.6 Å². The van der Waals surface area contributed by atoms with Gasteiger partial charge in [-0.05, 0) is 19.1 Å². The maximum atomic E-state index is 9.68. The van der Waals surface area contributed by atoms with Gasteiger partial charge >= 0.3 is 0 Å². The zero-order valence-corrected chi connectivity index (χ0v) is 10.9. The van der Waals surface area contributed by atoms with Crippen LogP contribution in [-0.4, -0.2) is 54.4 Å². The number of hydrogen-bond donors (Lipinski definition) is 2. The molecule has 0 bridgehead atoms. The summed E-state index contributed by atoms with van der Waals surface area (Å²) in [5.41, 5.74) is 0.846. The minimum atomic E-state index is -0.541. The van der Waals surface area contributed by atoms with E-state index in [0.29, 0.717) is 19.7 Å². The van der Waals surface area contributed by atoms with Crippen LogP contribution in [0.15, 0.2) is 18.3 Å². The van der Waals surface area contributed by atoms with Crippen LogP contribution in [0.1, 0.15) is 12.6 Å². The molecule has 0 radical (unpaired) electrons. The Labute approximate surface area is 107 Å². The lowest BCUT2D eigenvalue weighted by atomic mass is 10.3. The second-order valence-corrected chi connectivity index (χ2v) is 4.10. The number of aliphatic hydroxyl groups excluding tert-OH is 1. The number of methoxy groups -OCH3 is 1. The van der Waals surface area contributed by atoms with E-state index in [-0.39, 0.29) is 12.7 Å². The van der Waals surface area contributed by atoms with E-state index in [1.54, 1.807) is 13.3 Å². The molecule has 1 rings (SSSR count). The maximum Gasteiger partial charge on any atom is 0.0897 e. The number of rotatable bonds is 9. The van der Waals surface area contributed by atoms with Gasteiger partial charge in [0, 0.05) is 26.4 Å². The summed E-state index contributed by atoms with van der Waals surface area (Å²) in [6.45, 7) is 3.76. The van der Waals surface area contributed by atoms with Crippen LogP contribution in [0, 0.1) is 0 Å². The molecular weight excluding hydrogens is 234 g/mol. The molecule has 6 nitrogen and oxygen atoms in total. The Morgan fingerprint density at radius 2 is 2.28 bits per heavy atom. The van der Waals surface area contributed by atoms with Crippen molar-refractivity contribution in [3.8, 4) is 0 Å². The van der Waals surface area contributed by atoms with Gasteiger partial charge in [0.15, 0.2) is 0 Å². The molecule has 1 aromatic rings. The molecule has 0 aliphatic rings. The van der Waals surface area contributed by atoms with Gasteiger partial charge < -0.3 is 19.9 Å². The maximum absolute atomic E-state index is 9.68. The first-order chi connectivity index (χ1) is 8.72. The van der Waals surface area contributed by atoms with Crippen molar-refractivity contribution in [3.05, 3.63) is 24.0 Å². The quantitative estimate of drug-likeness (QED) is 0.646. The van der Waals surface area contributed by atoms with E-state index >= 15 is 0 Å². The van der Waals surface area contributed by atoms with Gasteiger partial charge in [-0.2, -0.15) is 10.2 Å². The van der Waals surface area contributed by atoms with E-state index in [2.05, 4.69) is 15.5 Å². The number of nitrogens with one attached hydrogen (secondary N) is 1. The van der Waals surface area contributed by atoms with E-state index in [1.807, 2.05) is 19.1 Å². The number of nitrogens with zero attached hydrogens (tertiary/aromatic N) is 2. The van der Waals surface area contributed by atoms with Crippen molar-refractivity contribution in [1.82, 2.24) is 15.5 Å². The summed E-state index contributed by atoms with van der Waals surface area (Å²) < 4.78 is 10.3. The third kappa shape index (κ3) is 6.61. The molecule has 102 valence electrons. The lowest BCUT2D eigenvalue weighted by molar-refractivity contribution is -0.0311. The third-order valence-electron chi connectivity index (χ3n) is 2.29. The average molecular weight is 255 g/mol. The molecule has 0 spiro atoms. The van der Waals surface area contributed by atoms with Gasteiger partial charge in [-0.3, -0.25) is 0 Å². The molecule has 0 saturated carbocycles. The van der Waals surface area contributed by atoms with Crippen molar-refractivity contribution in [2.24, 2.45) is 0 Å². The van der Waals surface area contributed by atoms with Gasteiger partial charge in [0.25, 0.3) is 0 Å². The molecule has 6 heteroatoms. The number of aliphatic hydroxyl groups is 1. The molecule has 1 aromatic heterocycles. The predicted molar refractivity (Wildman–Crippen MR) is 67.0 cm³/mol. The lowest BCUT2D eigenvalue weighted by Crippen LogP contribution is -2.32. The van der Waals surface area contributed by atoms with Crippen LogP contribution in [0.25, 0.3) is 0 Å². The van der Waals surface area contributed by atoms with Gasteiger partial charge in [0.1, 0.15) is 0 Å². The summed E-state index contributed by atoms with van der Waals surface area (Å²) in [6, 6.07) is 3.71. The van der Waals surface area contributed by atoms with Crippen LogP contribution in [-0.2, 0) is 16.0 Å². The second-order valence-electron chi connectivity index (χ2n) is 4.10. The van der Waals surface area contributed by atoms with Gasteiger partial charge in [-0.25, -0.2) is 0 Å². The third-order valence-corrected chi connectivity index (χ3v) is 2.29. The Bertz CT molecular complexity index is 311. The van der Waals surface area contributed by atoms with Crippen LogP contribution in [0.2, 0.25) is 0 Å². The monoisotopic (exact) mass is 255 g/mol. The average Bonchev–Trinajstić information content (AvgIpc) is 2.38. The smallest absolute Gasteiger partial charge is 0.0897 e. The van der Waals surface area contributed by atoms with E-state index in [1.165, 1.54) is 0 Å². The summed E-state index contributed by atoms with van der Waals surface area (Å²) in [4.78, 5) is 0. The first-order valence-electron chi connectivity index (χ1n) is 5.98. The highest BCUT2D eigenvalue weighted by Crippen LogP contribution is 1.94. The van der Waals surface area contributed by atoms with Crippen LogP contribution in [0.4, 0.5) is 0 Å². The lowest BCUT2D eigenvalue weighted by Gasteiger charge is -2.16. The summed E-state index contributed by atoms with van der Waals surface area (Å²) in [7, 11) is 1.62. The van der Waals surface area contributed by atoms with Crippen molar-refractivity contribution >= 4 is 0 Å². The molecule has 18 heavy (non-hydrogen) atoms. The standard InChI is InChI=1S/C12H21N3O3/c1-10(8-17-2)18-9-12(16)7-13-6-11-4-3-5-14-15-11/h3-5,10,12-13,16H,6-9H2,1-2H3. The number of hydrogen-bond acceptors (Lipinski definition) is 6. The van der Waals surface area contributed by atoms with Gasteiger partial charge in [0.05, 0.1) is 31.1 Å². The van der Waals surface area contributed by atoms with Crippen molar-refractivity contribution in [1.29, 1.82) is 0 Å². The summed E-state index contributed by atoms with van der Waals surface area (Å²) in [6.07, 6.45) is 1.08. The fourth-order valence-electron chi connectivity index (χ4n) is 1.41. The first-order valence-corrected chi connectivity index (χ1v) is 5.98. The Morgan fingerprint density at radius 1 is 1.44 bits per heavy atom. The molecule has 0 aromatic carbocycles. The van der Waals surface area contributed by atoms with Crippen LogP contribution >= 0.6 is 0 Å². The van der Waals surface area contributed by atoms with Crippen molar-refractivity contribution in [3.63, 3.8) is 0 Å². The molecule has 1 heterocycles. The summed E-state index contributed by atoms with van der Waals surface area (Å²) in [5.74, 6) is 0. The number of aromatic nitrogens is 2. The van der Waals surface area contributed by atoms with E-state index in [0.717, 1.165) is 5.69 Å². The summed E-state index contributed by atoms with van der Waals surface area (Å²) >= 11 is 0. The van der Waals surface area contributed by atoms with Crippen LogP contribution in [0.3, 0.4) is 0 Å². The van der Waals surface area contributed by atoms with E-state index in [9.17, 15) is 5.11 Å². The molecule has 2 N–H and O–H groups in total. The minimum Gasteiger partial charge on any atom is -0.389 e. The Morgan fingerprint density at radius 3 is 2.94 bits per heavy atom. The Balaban J connectivity index is 2.08. The molecule has 0 aliphatic carbocycles. The molecule has 2 atom stereocenters. The first kappa shape index (κ1) is 15.0. The van der Waals surface area contributed by atoms with Crippen molar-refractivity contribution in [2.75, 3.05) is 26.9 Å². The fourth-order valence-corrected chi connectivity index (χ4v) is 1.41. The van der Waals surface area contributed by atoms with Crippen LogP contribution in [0.5, 0.6) is 0 Å². The van der Waals surface area contributed by atoms with Crippen molar-refractivity contribution in [2.45, 2.75) is 25.7 Å². The van der Waals surface area contributed by atoms with Crippen LogP contribution < -0.4 is 5.32 Å². The topological polar surface area (TPSA) is 76.5 Å². The highest BCUT2D eigenvalue weighted by molar-refractivity contribution is 4.98. The molecule has 0 fully saturated rings. The number of ether oxygens (including phenoxy) is 2. The van der Waals surface area contributed by atoms with Gasteiger partial charge in [-0.15, -0.1) is 0 Å². The fraction of sp³-hybridized carbons (Fsp3) is 0.667. The molecular formula is C12H21N3O3. The predicted octanol–water partition coefficient (Wildman–Crippen LogP) is -0.0214. The normalized spacial score (nSPS) is 14.4. The SMILES string of the molecule is COCC(C)OCC(O)CNCc1cccnn1. The summed E-state index contributed by atoms with van der Waals surface area (Å²) in [5, 5.41) is 20.5. The zero-order valence-electron chi connectivity index (χ0n) is 10.9.